The minimum Gasteiger partial charge on any atom is -0.380 e. The molecular formula is C20H26N2O2. The van der Waals surface area contributed by atoms with E-state index in [1.165, 1.54) is 5.56 Å². The summed E-state index contributed by atoms with van der Waals surface area (Å²) in [5.41, 5.74) is 3.42. The molecule has 24 heavy (non-hydrogen) atoms. The van der Waals surface area contributed by atoms with Gasteiger partial charge in [0.15, 0.2) is 0 Å². The fourth-order valence-corrected chi connectivity index (χ4v) is 2.58. The number of hydrogen-bond donors (Lipinski definition) is 1. The van der Waals surface area contributed by atoms with Crippen molar-refractivity contribution in [2.45, 2.75) is 26.6 Å². The number of likely N-dealkylation sites (N-methyl/N-ethyl adjacent to an activating group) is 1. The molecule has 128 valence electrons. The lowest BCUT2D eigenvalue weighted by Crippen LogP contribution is -2.36. The fourth-order valence-electron chi connectivity index (χ4n) is 2.58. The van der Waals surface area contributed by atoms with Gasteiger partial charge in [-0.15, -0.1) is 0 Å². The van der Waals surface area contributed by atoms with Crippen molar-refractivity contribution in [1.29, 1.82) is 0 Å². The van der Waals surface area contributed by atoms with Crippen LogP contribution in [-0.2, 0) is 29.2 Å². The van der Waals surface area contributed by atoms with Gasteiger partial charge in [-0.1, -0.05) is 61.5 Å². The van der Waals surface area contributed by atoms with Crippen molar-refractivity contribution in [2.24, 2.45) is 0 Å². The van der Waals surface area contributed by atoms with E-state index in [-0.39, 0.29) is 5.91 Å². The van der Waals surface area contributed by atoms with E-state index in [9.17, 15) is 4.79 Å². The lowest BCUT2D eigenvalue weighted by molar-refractivity contribution is -0.122. The Labute approximate surface area is 144 Å². The Morgan fingerprint density at radius 1 is 1.04 bits per heavy atom. The molecule has 0 aromatic heterocycles. The van der Waals surface area contributed by atoms with Gasteiger partial charge in [-0.05, 0) is 23.2 Å². The van der Waals surface area contributed by atoms with Crippen molar-refractivity contribution in [2.75, 3.05) is 20.2 Å². The number of hydrogen-bond acceptors (Lipinski definition) is 3. The summed E-state index contributed by atoms with van der Waals surface area (Å²) < 4.78 is 5.14. The molecule has 4 heteroatoms. The number of rotatable bonds is 9. The third-order valence-electron chi connectivity index (χ3n) is 3.86. The maximum atomic E-state index is 12.2. The van der Waals surface area contributed by atoms with Crippen LogP contribution in [0.1, 0.15) is 23.6 Å². The predicted molar refractivity (Wildman–Crippen MR) is 96.4 cm³/mol. The number of carbonyl (C=O) groups excluding carboxylic acids is 1. The zero-order valence-electron chi connectivity index (χ0n) is 14.5. The Morgan fingerprint density at radius 3 is 2.46 bits per heavy atom. The Morgan fingerprint density at radius 2 is 1.75 bits per heavy atom. The molecule has 0 atom stereocenters. The summed E-state index contributed by atoms with van der Waals surface area (Å²) in [6.45, 7) is 5.23. The summed E-state index contributed by atoms with van der Waals surface area (Å²) in [7, 11) is 1.68. The van der Waals surface area contributed by atoms with Crippen molar-refractivity contribution in [3.63, 3.8) is 0 Å². The number of methoxy groups -OCH3 is 1. The molecule has 0 saturated heterocycles. The Balaban J connectivity index is 1.82. The van der Waals surface area contributed by atoms with E-state index in [2.05, 4.69) is 35.3 Å². The van der Waals surface area contributed by atoms with Crippen LogP contribution in [-0.4, -0.2) is 31.0 Å². The molecule has 0 unspecified atom stereocenters. The molecule has 0 fully saturated rings. The van der Waals surface area contributed by atoms with E-state index in [4.69, 9.17) is 4.74 Å². The SMILES string of the molecule is CCN(CC(=O)NCc1cccc(COC)c1)Cc1ccccc1. The van der Waals surface area contributed by atoms with Crippen LogP contribution < -0.4 is 5.32 Å². The molecule has 0 radical (unpaired) electrons. The molecule has 0 bridgehead atoms. The van der Waals surface area contributed by atoms with Crippen LogP contribution in [0.25, 0.3) is 0 Å². The molecule has 2 aromatic rings. The standard InChI is InChI=1S/C20H26N2O2/c1-3-22(14-17-8-5-4-6-9-17)15-20(23)21-13-18-10-7-11-19(12-18)16-24-2/h4-12H,3,13-16H2,1-2H3,(H,21,23). The van der Waals surface area contributed by atoms with E-state index in [0.29, 0.717) is 19.7 Å². The summed E-state index contributed by atoms with van der Waals surface area (Å²) >= 11 is 0. The van der Waals surface area contributed by atoms with E-state index in [1.54, 1.807) is 7.11 Å². The topological polar surface area (TPSA) is 41.6 Å². The summed E-state index contributed by atoms with van der Waals surface area (Å²) in [6.07, 6.45) is 0. The monoisotopic (exact) mass is 326 g/mol. The van der Waals surface area contributed by atoms with Crippen molar-refractivity contribution >= 4 is 5.91 Å². The molecule has 0 aliphatic rings. The zero-order chi connectivity index (χ0) is 17.2. The first kappa shape index (κ1) is 18.2. The molecular weight excluding hydrogens is 300 g/mol. The van der Waals surface area contributed by atoms with Crippen LogP contribution in [0.4, 0.5) is 0 Å². The van der Waals surface area contributed by atoms with Gasteiger partial charge < -0.3 is 10.1 Å². The number of ether oxygens (including phenoxy) is 1. The molecule has 2 rings (SSSR count). The van der Waals surface area contributed by atoms with Gasteiger partial charge >= 0.3 is 0 Å². The second-order valence-corrected chi connectivity index (χ2v) is 5.82. The lowest BCUT2D eigenvalue weighted by Gasteiger charge is -2.20. The average molecular weight is 326 g/mol. The van der Waals surface area contributed by atoms with Gasteiger partial charge in [0.2, 0.25) is 5.91 Å². The minimum absolute atomic E-state index is 0.0462. The molecule has 0 saturated carbocycles. The average Bonchev–Trinajstić information content (AvgIpc) is 2.61. The Kier molecular flexibility index (Phi) is 7.46. The second kappa shape index (κ2) is 9.85. The number of amides is 1. The van der Waals surface area contributed by atoms with Crippen molar-refractivity contribution in [3.05, 3.63) is 71.3 Å². The third kappa shape index (κ3) is 6.14. The molecule has 1 amide bonds. The quantitative estimate of drug-likeness (QED) is 0.770. The molecule has 0 aliphatic heterocycles. The van der Waals surface area contributed by atoms with Crippen LogP contribution in [0.3, 0.4) is 0 Å². The second-order valence-electron chi connectivity index (χ2n) is 5.82. The van der Waals surface area contributed by atoms with Gasteiger partial charge in [0.05, 0.1) is 13.2 Å². The van der Waals surface area contributed by atoms with Crippen LogP contribution >= 0.6 is 0 Å². The summed E-state index contributed by atoms with van der Waals surface area (Å²) in [5.74, 6) is 0.0462. The highest BCUT2D eigenvalue weighted by molar-refractivity contribution is 5.78. The molecule has 1 N–H and O–H groups in total. The van der Waals surface area contributed by atoms with Gasteiger partial charge in [0, 0.05) is 20.2 Å². The van der Waals surface area contributed by atoms with Crippen molar-refractivity contribution in [3.8, 4) is 0 Å². The third-order valence-corrected chi connectivity index (χ3v) is 3.86. The summed E-state index contributed by atoms with van der Waals surface area (Å²) in [6, 6.07) is 18.3. The highest BCUT2D eigenvalue weighted by Crippen LogP contribution is 2.07. The summed E-state index contributed by atoms with van der Waals surface area (Å²) in [5, 5.41) is 3.00. The van der Waals surface area contributed by atoms with Crippen LogP contribution in [0, 0.1) is 0 Å². The Bertz CT molecular complexity index is 629. The first-order valence-corrected chi connectivity index (χ1v) is 8.31. The van der Waals surface area contributed by atoms with Gasteiger partial charge in [0.25, 0.3) is 0 Å². The van der Waals surface area contributed by atoms with Crippen molar-refractivity contribution in [1.82, 2.24) is 10.2 Å². The van der Waals surface area contributed by atoms with Crippen LogP contribution in [0.15, 0.2) is 54.6 Å². The fraction of sp³-hybridized carbons (Fsp3) is 0.350. The van der Waals surface area contributed by atoms with E-state index >= 15 is 0 Å². The first-order chi connectivity index (χ1) is 11.7. The van der Waals surface area contributed by atoms with E-state index < -0.39 is 0 Å². The highest BCUT2D eigenvalue weighted by atomic mass is 16.5. The van der Waals surface area contributed by atoms with E-state index in [1.807, 2.05) is 36.4 Å². The predicted octanol–water partition coefficient (Wildman–Crippen LogP) is 2.97. The molecule has 4 nitrogen and oxygen atoms in total. The Hall–Kier alpha value is -2.17. The number of nitrogens with one attached hydrogen (secondary N) is 1. The zero-order valence-corrected chi connectivity index (χ0v) is 14.5. The molecule has 0 heterocycles. The smallest absolute Gasteiger partial charge is 0.234 e. The normalized spacial score (nSPS) is 10.8. The van der Waals surface area contributed by atoms with Crippen LogP contribution in [0.2, 0.25) is 0 Å². The first-order valence-electron chi connectivity index (χ1n) is 8.31. The highest BCUT2D eigenvalue weighted by Gasteiger charge is 2.09. The molecule has 0 spiro atoms. The number of carbonyl (C=O) groups is 1. The number of nitrogens with zero attached hydrogens (tertiary/aromatic N) is 1. The maximum Gasteiger partial charge on any atom is 0.234 e. The van der Waals surface area contributed by atoms with Gasteiger partial charge in [-0.3, -0.25) is 9.69 Å². The number of benzene rings is 2. The molecule has 2 aromatic carbocycles. The van der Waals surface area contributed by atoms with Crippen LogP contribution in [0.5, 0.6) is 0 Å². The lowest BCUT2D eigenvalue weighted by atomic mass is 10.1. The molecule has 0 aliphatic carbocycles. The van der Waals surface area contributed by atoms with Gasteiger partial charge in [-0.2, -0.15) is 0 Å². The van der Waals surface area contributed by atoms with E-state index in [0.717, 1.165) is 24.2 Å². The van der Waals surface area contributed by atoms with Gasteiger partial charge in [0.1, 0.15) is 0 Å². The maximum absolute atomic E-state index is 12.2. The van der Waals surface area contributed by atoms with Crippen molar-refractivity contribution < 1.29 is 9.53 Å². The largest absolute Gasteiger partial charge is 0.380 e. The minimum atomic E-state index is 0.0462. The summed E-state index contributed by atoms with van der Waals surface area (Å²) in [4.78, 5) is 14.3. The van der Waals surface area contributed by atoms with Gasteiger partial charge in [-0.25, -0.2) is 0 Å².